The molecule has 0 amide bonds. The van der Waals surface area contributed by atoms with Gasteiger partial charge in [-0.15, -0.1) is 0 Å². The predicted molar refractivity (Wildman–Crippen MR) is 85.0 cm³/mol. The Morgan fingerprint density at radius 1 is 1.24 bits per heavy atom. The molecule has 0 saturated heterocycles. The van der Waals surface area contributed by atoms with Crippen molar-refractivity contribution in [1.29, 1.82) is 0 Å². The van der Waals surface area contributed by atoms with E-state index in [2.05, 4.69) is 15.9 Å². The first-order chi connectivity index (χ1) is 10.1. The number of aryl methyl sites for hydroxylation is 1. The minimum atomic E-state index is -0.901. The summed E-state index contributed by atoms with van der Waals surface area (Å²) in [6.07, 6.45) is 1.40. The van der Waals surface area contributed by atoms with E-state index in [0.717, 1.165) is 15.6 Å². The van der Waals surface area contributed by atoms with Crippen LogP contribution in [0.3, 0.4) is 0 Å². The number of esters is 1. The van der Waals surface area contributed by atoms with Gasteiger partial charge in [0.05, 0.1) is 0 Å². The van der Waals surface area contributed by atoms with E-state index in [-0.39, 0.29) is 5.78 Å². The number of halogens is 1. The SMILES string of the molecule is Cc1ccc(C2C(=O)C=C(c3ccsc3)OC2=O)c(Br)c1. The summed E-state index contributed by atoms with van der Waals surface area (Å²) in [7, 11) is 0. The number of carbonyl (C=O) groups is 2. The van der Waals surface area contributed by atoms with E-state index in [0.29, 0.717) is 11.3 Å². The van der Waals surface area contributed by atoms with E-state index >= 15 is 0 Å². The summed E-state index contributed by atoms with van der Waals surface area (Å²) in [5.74, 6) is -1.36. The number of hydrogen-bond donors (Lipinski definition) is 0. The number of benzene rings is 1. The Morgan fingerprint density at radius 2 is 2.05 bits per heavy atom. The number of rotatable bonds is 2. The summed E-state index contributed by atoms with van der Waals surface area (Å²) in [5, 5.41) is 3.71. The zero-order valence-corrected chi connectivity index (χ0v) is 13.5. The molecule has 2 heterocycles. The average molecular weight is 363 g/mol. The molecule has 0 bridgehead atoms. The first-order valence-corrected chi connectivity index (χ1v) is 8.05. The molecule has 0 radical (unpaired) electrons. The molecule has 0 fully saturated rings. The second kappa shape index (κ2) is 5.58. The Labute approximate surface area is 134 Å². The summed E-state index contributed by atoms with van der Waals surface area (Å²) in [6.45, 7) is 1.95. The molecule has 1 aromatic carbocycles. The van der Waals surface area contributed by atoms with Crippen molar-refractivity contribution in [2.24, 2.45) is 0 Å². The lowest BCUT2D eigenvalue weighted by atomic mass is 9.91. The van der Waals surface area contributed by atoms with Crippen molar-refractivity contribution in [3.63, 3.8) is 0 Å². The summed E-state index contributed by atoms with van der Waals surface area (Å²) >= 11 is 4.90. The molecule has 0 spiro atoms. The second-order valence-corrected chi connectivity index (χ2v) is 6.44. The van der Waals surface area contributed by atoms with Gasteiger partial charge in [-0.3, -0.25) is 9.59 Å². The van der Waals surface area contributed by atoms with E-state index in [4.69, 9.17) is 4.74 Å². The van der Waals surface area contributed by atoms with Gasteiger partial charge in [0.2, 0.25) is 0 Å². The highest BCUT2D eigenvalue weighted by atomic mass is 79.9. The fraction of sp³-hybridized carbons (Fsp3) is 0.125. The van der Waals surface area contributed by atoms with Gasteiger partial charge in [0, 0.05) is 21.5 Å². The molecule has 1 aliphatic rings. The molecule has 21 heavy (non-hydrogen) atoms. The van der Waals surface area contributed by atoms with Crippen LogP contribution in [0, 0.1) is 6.92 Å². The average Bonchev–Trinajstić information content (AvgIpc) is 2.94. The molecular formula is C16H11BrO3S. The quantitative estimate of drug-likeness (QED) is 0.597. The molecule has 1 aromatic heterocycles. The molecule has 1 unspecified atom stereocenters. The van der Waals surface area contributed by atoms with Crippen LogP contribution in [0.2, 0.25) is 0 Å². The van der Waals surface area contributed by atoms with Crippen LogP contribution in [0.4, 0.5) is 0 Å². The molecule has 5 heteroatoms. The van der Waals surface area contributed by atoms with Crippen molar-refractivity contribution in [1.82, 2.24) is 0 Å². The van der Waals surface area contributed by atoms with Crippen molar-refractivity contribution >= 4 is 44.8 Å². The standard InChI is InChI=1S/C16H11BrO3S/c1-9-2-3-11(12(17)6-9)15-13(18)7-14(20-16(15)19)10-4-5-21-8-10/h2-8,15H,1H3. The highest BCUT2D eigenvalue weighted by molar-refractivity contribution is 9.10. The number of thiophene rings is 1. The van der Waals surface area contributed by atoms with Crippen molar-refractivity contribution < 1.29 is 14.3 Å². The molecule has 0 N–H and O–H groups in total. The smallest absolute Gasteiger partial charge is 0.326 e. The van der Waals surface area contributed by atoms with Crippen LogP contribution < -0.4 is 0 Å². The molecule has 1 aliphatic heterocycles. The Bertz CT molecular complexity index is 747. The van der Waals surface area contributed by atoms with E-state index in [1.807, 2.05) is 35.9 Å². The van der Waals surface area contributed by atoms with E-state index in [1.165, 1.54) is 17.4 Å². The summed E-state index contributed by atoms with van der Waals surface area (Å²) < 4.78 is 6.08. The fourth-order valence-electron chi connectivity index (χ4n) is 2.22. The third-order valence-corrected chi connectivity index (χ3v) is 4.65. The number of ether oxygens (including phenoxy) is 1. The third-order valence-electron chi connectivity index (χ3n) is 3.28. The van der Waals surface area contributed by atoms with E-state index in [9.17, 15) is 9.59 Å². The van der Waals surface area contributed by atoms with Crippen LogP contribution in [0.15, 0.2) is 45.6 Å². The van der Waals surface area contributed by atoms with Crippen LogP contribution in [0.25, 0.3) is 5.76 Å². The number of allylic oxidation sites excluding steroid dienone is 1. The maximum Gasteiger partial charge on any atom is 0.326 e. The molecule has 1 atom stereocenters. The maximum atomic E-state index is 12.4. The summed E-state index contributed by atoms with van der Waals surface area (Å²) in [4.78, 5) is 24.6. The number of hydrogen-bond acceptors (Lipinski definition) is 4. The highest BCUT2D eigenvalue weighted by Crippen LogP contribution is 2.34. The lowest BCUT2D eigenvalue weighted by Gasteiger charge is -2.21. The lowest BCUT2D eigenvalue weighted by molar-refractivity contribution is -0.142. The van der Waals surface area contributed by atoms with Crippen LogP contribution in [0.1, 0.15) is 22.6 Å². The van der Waals surface area contributed by atoms with Gasteiger partial charge >= 0.3 is 5.97 Å². The van der Waals surface area contributed by atoms with E-state index < -0.39 is 11.9 Å². The van der Waals surface area contributed by atoms with Gasteiger partial charge in [-0.25, -0.2) is 0 Å². The number of ketones is 1. The van der Waals surface area contributed by atoms with Gasteiger partial charge in [-0.05, 0) is 35.6 Å². The Kier molecular flexibility index (Phi) is 3.78. The Morgan fingerprint density at radius 3 is 2.67 bits per heavy atom. The van der Waals surface area contributed by atoms with Gasteiger partial charge < -0.3 is 4.74 Å². The molecule has 0 aliphatic carbocycles. The first kappa shape index (κ1) is 14.2. The molecule has 0 saturated carbocycles. The topological polar surface area (TPSA) is 43.4 Å². The summed E-state index contributed by atoms with van der Waals surface area (Å²) in [6, 6.07) is 7.36. The minimum Gasteiger partial charge on any atom is -0.425 e. The number of cyclic esters (lactones) is 1. The molecular weight excluding hydrogens is 352 g/mol. The Hall–Kier alpha value is -1.72. The van der Waals surface area contributed by atoms with Gasteiger partial charge in [0.1, 0.15) is 11.7 Å². The lowest BCUT2D eigenvalue weighted by Crippen LogP contribution is -2.27. The zero-order valence-electron chi connectivity index (χ0n) is 11.1. The largest absolute Gasteiger partial charge is 0.425 e. The number of carbonyl (C=O) groups excluding carboxylic acids is 2. The minimum absolute atomic E-state index is 0.253. The van der Waals surface area contributed by atoms with Crippen LogP contribution in [-0.2, 0) is 14.3 Å². The second-order valence-electron chi connectivity index (χ2n) is 4.80. The predicted octanol–water partition coefficient (Wildman–Crippen LogP) is 4.07. The monoisotopic (exact) mass is 362 g/mol. The van der Waals surface area contributed by atoms with E-state index in [1.54, 1.807) is 6.07 Å². The summed E-state index contributed by atoms with van der Waals surface area (Å²) in [5.41, 5.74) is 2.44. The maximum absolute atomic E-state index is 12.4. The first-order valence-electron chi connectivity index (χ1n) is 6.32. The van der Waals surface area contributed by atoms with Crippen molar-refractivity contribution in [3.8, 4) is 0 Å². The van der Waals surface area contributed by atoms with Gasteiger partial charge in [-0.1, -0.05) is 28.1 Å². The van der Waals surface area contributed by atoms with Gasteiger partial charge in [-0.2, -0.15) is 11.3 Å². The molecule has 3 nitrogen and oxygen atoms in total. The zero-order chi connectivity index (χ0) is 15.0. The fourth-order valence-corrected chi connectivity index (χ4v) is 3.59. The molecule has 2 aromatic rings. The molecule has 106 valence electrons. The van der Waals surface area contributed by atoms with Crippen molar-refractivity contribution in [2.45, 2.75) is 12.8 Å². The van der Waals surface area contributed by atoms with Crippen molar-refractivity contribution in [3.05, 3.63) is 62.3 Å². The Balaban J connectivity index is 1.99. The third kappa shape index (κ3) is 2.71. The van der Waals surface area contributed by atoms with Crippen LogP contribution >= 0.6 is 27.3 Å². The van der Waals surface area contributed by atoms with Gasteiger partial charge in [0.25, 0.3) is 0 Å². The molecule has 3 rings (SSSR count). The van der Waals surface area contributed by atoms with Gasteiger partial charge in [0.15, 0.2) is 5.78 Å². The highest BCUT2D eigenvalue weighted by Gasteiger charge is 2.35. The van der Waals surface area contributed by atoms with Crippen LogP contribution in [-0.4, -0.2) is 11.8 Å². The normalized spacial score (nSPS) is 18.4. The van der Waals surface area contributed by atoms with Crippen LogP contribution in [0.5, 0.6) is 0 Å². The van der Waals surface area contributed by atoms with Crippen molar-refractivity contribution in [2.75, 3.05) is 0 Å².